The molecule has 3 nitrogen and oxygen atoms in total. The van der Waals surface area contributed by atoms with Crippen molar-refractivity contribution < 1.29 is 9.47 Å². The Morgan fingerprint density at radius 3 is 3.00 bits per heavy atom. The highest BCUT2D eigenvalue weighted by atomic mass is 16.7. The molecule has 1 heterocycles. The molecule has 1 aliphatic rings. The van der Waals surface area contributed by atoms with Crippen molar-refractivity contribution in [2.45, 2.75) is 12.3 Å². The number of benzene rings is 1. The molecule has 0 radical (unpaired) electrons. The molecular weight excluding hydrogens is 190 g/mol. The molecule has 0 aliphatic carbocycles. The summed E-state index contributed by atoms with van der Waals surface area (Å²) in [7, 11) is 0. The van der Waals surface area contributed by atoms with Crippen molar-refractivity contribution in [3.05, 3.63) is 36.4 Å². The molecule has 0 saturated carbocycles. The number of hydrogen-bond acceptors (Lipinski definition) is 3. The molecule has 0 spiro atoms. The summed E-state index contributed by atoms with van der Waals surface area (Å²) in [6, 6.07) is 7.84. The maximum absolute atomic E-state index is 8.99. The van der Waals surface area contributed by atoms with Crippen molar-refractivity contribution >= 4 is 0 Å². The fourth-order valence-corrected chi connectivity index (χ4v) is 1.56. The maximum Gasteiger partial charge on any atom is 0.231 e. The van der Waals surface area contributed by atoms with Gasteiger partial charge in [0.1, 0.15) is 0 Å². The molecule has 1 atom stereocenters. The Labute approximate surface area is 88.5 Å². The number of hydrogen-bond donors (Lipinski definition) is 0. The Bertz CT molecular complexity index is 420. The molecule has 1 aromatic carbocycles. The van der Waals surface area contributed by atoms with Crippen LogP contribution in [0.5, 0.6) is 11.5 Å². The fourth-order valence-electron chi connectivity index (χ4n) is 1.56. The number of nitriles is 1. The van der Waals surface area contributed by atoms with Crippen LogP contribution >= 0.6 is 0 Å². The molecule has 1 aliphatic heterocycles. The second kappa shape index (κ2) is 4.05. The van der Waals surface area contributed by atoms with E-state index in [2.05, 4.69) is 12.6 Å². The Balaban J connectivity index is 2.29. The summed E-state index contributed by atoms with van der Waals surface area (Å²) >= 11 is 0. The average Bonchev–Trinajstić information content (AvgIpc) is 2.72. The molecule has 0 N–H and O–H groups in total. The van der Waals surface area contributed by atoms with E-state index < -0.39 is 0 Å². The van der Waals surface area contributed by atoms with Gasteiger partial charge in [-0.15, -0.1) is 6.58 Å². The lowest BCUT2D eigenvalue weighted by Crippen LogP contribution is -1.94. The first-order chi connectivity index (χ1) is 7.35. The van der Waals surface area contributed by atoms with Crippen molar-refractivity contribution in [1.82, 2.24) is 0 Å². The van der Waals surface area contributed by atoms with Crippen LogP contribution in [0, 0.1) is 11.3 Å². The zero-order valence-corrected chi connectivity index (χ0v) is 8.27. The third-order valence-corrected chi connectivity index (χ3v) is 2.36. The van der Waals surface area contributed by atoms with Gasteiger partial charge in [-0.05, 0) is 24.1 Å². The minimum atomic E-state index is -0.156. The van der Waals surface area contributed by atoms with Gasteiger partial charge in [0.25, 0.3) is 0 Å². The van der Waals surface area contributed by atoms with E-state index in [0.29, 0.717) is 6.42 Å². The predicted octanol–water partition coefficient (Wildman–Crippen LogP) is 2.60. The smallest absolute Gasteiger partial charge is 0.231 e. The van der Waals surface area contributed by atoms with E-state index in [-0.39, 0.29) is 12.7 Å². The Morgan fingerprint density at radius 1 is 1.47 bits per heavy atom. The summed E-state index contributed by atoms with van der Waals surface area (Å²) in [6.07, 6.45) is 2.40. The second-order valence-corrected chi connectivity index (χ2v) is 3.32. The van der Waals surface area contributed by atoms with E-state index in [0.717, 1.165) is 17.1 Å². The summed E-state index contributed by atoms with van der Waals surface area (Å²) in [4.78, 5) is 0. The summed E-state index contributed by atoms with van der Waals surface area (Å²) in [5.74, 6) is 1.31. The first-order valence-electron chi connectivity index (χ1n) is 4.75. The van der Waals surface area contributed by atoms with E-state index >= 15 is 0 Å². The summed E-state index contributed by atoms with van der Waals surface area (Å²) in [5.41, 5.74) is 0.946. The van der Waals surface area contributed by atoms with Gasteiger partial charge in [-0.1, -0.05) is 12.1 Å². The van der Waals surface area contributed by atoms with E-state index in [4.69, 9.17) is 14.7 Å². The van der Waals surface area contributed by atoms with Gasteiger partial charge in [-0.25, -0.2) is 0 Å². The lowest BCUT2D eigenvalue weighted by molar-refractivity contribution is 0.174. The van der Waals surface area contributed by atoms with Crippen molar-refractivity contribution in [2.75, 3.05) is 6.79 Å². The number of allylic oxidation sites excluding steroid dienone is 1. The predicted molar refractivity (Wildman–Crippen MR) is 55.7 cm³/mol. The number of ether oxygens (including phenoxy) is 2. The topological polar surface area (TPSA) is 42.2 Å². The van der Waals surface area contributed by atoms with E-state index in [1.165, 1.54) is 0 Å². The van der Waals surface area contributed by atoms with Gasteiger partial charge in [0.2, 0.25) is 6.79 Å². The highest BCUT2D eigenvalue weighted by Crippen LogP contribution is 2.35. The quantitative estimate of drug-likeness (QED) is 0.706. The minimum Gasteiger partial charge on any atom is -0.454 e. The van der Waals surface area contributed by atoms with E-state index in [1.807, 2.05) is 18.2 Å². The highest BCUT2D eigenvalue weighted by Gasteiger charge is 2.16. The number of nitrogens with zero attached hydrogens (tertiary/aromatic N) is 1. The van der Waals surface area contributed by atoms with Crippen LogP contribution in [0.1, 0.15) is 17.9 Å². The van der Waals surface area contributed by atoms with Gasteiger partial charge in [-0.3, -0.25) is 0 Å². The third-order valence-electron chi connectivity index (χ3n) is 2.36. The van der Waals surface area contributed by atoms with Gasteiger partial charge in [0.05, 0.1) is 12.0 Å². The molecular formula is C12H11NO2. The van der Waals surface area contributed by atoms with Gasteiger partial charge in [-0.2, -0.15) is 5.26 Å². The monoisotopic (exact) mass is 201 g/mol. The van der Waals surface area contributed by atoms with Crippen LogP contribution in [0.15, 0.2) is 30.9 Å². The molecule has 0 aromatic heterocycles. The zero-order chi connectivity index (χ0) is 10.7. The average molecular weight is 201 g/mol. The first kappa shape index (κ1) is 9.60. The van der Waals surface area contributed by atoms with Crippen LogP contribution in [0.3, 0.4) is 0 Å². The van der Waals surface area contributed by atoms with E-state index in [1.54, 1.807) is 6.08 Å². The highest BCUT2D eigenvalue weighted by molar-refractivity contribution is 5.46. The van der Waals surface area contributed by atoms with Crippen LogP contribution in [0.4, 0.5) is 0 Å². The molecule has 0 fully saturated rings. The Kier molecular flexibility index (Phi) is 2.59. The Morgan fingerprint density at radius 2 is 2.27 bits per heavy atom. The van der Waals surface area contributed by atoms with Crippen LogP contribution in [-0.4, -0.2) is 6.79 Å². The van der Waals surface area contributed by atoms with Crippen molar-refractivity contribution in [2.24, 2.45) is 0 Å². The van der Waals surface area contributed by atoms with Crippen LogP contribution < -0.4 is 9.47 Å². The molecule has 1 unspecified atom stereocenters. The molecule has 0 saturated heterocycles. The molecule has 2 rings (SSSR count). The molecule has 0 amide bonds. The molecule has 1 aromatic rings. The van der Waals surface area contributed by atoms with Gasteiger partial charge >= 0.3 is 0 Å². The van der Waals surface area contributed by atoms with Gasteiger partial charge in [0.15, 0.2) is 11.5 Å². The molecule has 0 bridgehead atoms. The van der Waals surface area contributed by atoms with Gasteiger partial charge < -0.3 is 9.47 Å². The molecule has 15 heavy (non-hydrogen) atoms. The van der Waals surface area contributed by atoms with Gasteiger partial charge in [0, 0.05) is 0 Å². The third kappa shape index (κ3) is 1.79. The lowest BCUT2D eigenvalue weighted by atomic mass is 9.97. The maximum atomic E-state index is 8.99. The lowest BCUT2D eigenvalue weighted by Gasteiger charge is -2.07. The van der Waals surface area contributed by atoms with Crippen LogP contribution in [-0.2, 0) is 0 Å². The largest absolute Gasteiger partial charge is 0.454 e. The minimum absolute atomic E-state index is 0.156. The SMILES string of the molecule is C=CCC(C#N)c1ccc2c(c1)OCO2. The molecule has 3 heteroatoms. The van der Waals surface area contributed by atoms with Crippen molar-refractivity contribution in [3.8, 4) is 17.6 Å². The summed E-state index contributed by atoms with van der Waals surface area (Å²) < 4.78 is 10.5. The van der Waals surface area contributed by atoms with Crippen LogP contribution in [0.25, 0.3) is 0 Å². The molecule has 76 valence electrons. The standard InChI is InChI=1S/C12H11NO2/c1-2-3-10(7-13)9-4-5-11-12(6-9)15-8-14-11/h2,4-6,10H,1,3,8H2. The van der Waals surface area contributed by atoms with Crippen LogP contribution in [0.2, 0.25) is 0 Å². The van der Waals surface area contributed by atoms with Crippen molar-refractivity contribution in [1.29, 1.82) is 5.26 Å². The van der Waals surface area contributed by atoms with E-state index in [9.17, 15) is 0 Å². The second-order valence-electron chi connectivity index (χ2n) is 3.32. The number of rotatable bonds is 3. The fraction of sp³-hybridized carbons (Fsp3) is 0.250. The first-order valence-corrected chi connectivity index (χ1v) is 4.75. The summed E-state index contributed by atoms with van der Waals surface area (Å²) in [6.45, 7) is 3.90. The summed E-state index contributed by atoms with van der Waals surface area (Å²) in [5, 5.41) is 8.99. The normalized spacial score (nSPS) is 14.3. The zero-order valence-electron chi connectivity index (χ0n) is 8.27. The van der Waals surface area contributed by atoms with Crippen molar-refractivity contribution in [3.63, 3.8) is 0 Å². The number of fused-ring (bicyclic) bond motifs is 1. The Hall–Kier alpha value is -1.95.